The predicted octanol–water partition coefficient (Wildman–Crippen LogP) is 13.5. The Morgan fingerprint density at radius 1 is 0.528 bits per heavy atom. The van der Waals surface area contributed by atoms with E-state index in [1.54, 1.807) is 0 Å². The molecule has 1 aromatic carbocycles. The number of hydrogen-bond donors (Lipinski definition) is 0. The third-order valence-electron chi connectivity index (χ3n) is 4.80. The van der Waals surface area contributed by atoms with Gasteiger partial charge in [0.2, 0.25) is 16.3 Å². The summed E-state index contributed by atoms with van der Waals surface area (Å²) in [5, 5.41) is 0. The standard InChI is InChI=1S/C18H11Cl18/c1-2-3-4-8-5-6-9(11(19,20)13(23,24)15(27,28)17(31,32)33)7-10(8)12(21,22)14(25,26)16(29,30)18(34,35)36/h5-7H,1-4H2. The van der Waals surface area contributed by atoms with Gasteiger partial charge >= 0.3 is 0 Å². The highest BCUT2D eigenvalue weighted by Gasteiger charge is 2.70. The van der Waals surface area contributed by atoms with Crippen molar-refractivity contribution in [3.63, 3.8) is 0 Å². The summed E-state index contributed by atoms with van der Waals surface area (Å²) in [5.74, 6) is 0. The van der Waals surface area contributed by atoms with Crippen molar-refractivity contribution in [2.45, 2.75) is 52.8 Å². The molecule has 0 aliphatic carbocycles. The van der Waals surface area contributed by atoms with Gasteiger partial charge in [0.05, 0.1) is 0 Å². The molecule has 1 aromatic rings. The fourth-order valence-electron chi connectivity index (χ4n) is 2.70. The van der Waals surface area contributed by atoms with E-state index in [2.05, 4.69) is 6.92 Å². The lowest BCUT2D eigenvalue weighted by Gasteiger charge is -2.46. The second kappa shape index (κ2) is 12.8. The highest BCUT2D eigenvalue weighted by molar-refractivity contribution is 6.81. The Morgan fingerprint density at radius 3 is 1.28 bits per heavy atom. The molecule has 0 saturated heterocycles. The lowest BCUT2D eigenvalue weighted by atomic mass is 9.92. The molecule has 0 nitrogen and oxygen atoms in total. The highest BCUT2D eigenvalue weighted by atomic mass is 35.6. The summed E-state index contributed by atoms with van der Waals surface area (Å²) in [5.41, 5.74) is 0.387. The van der Waals surface area contributed by atoms with Gasteiger partial charge in [0.1, 0.15) is 0 Å². The van der Waals surface area contributed by atoms with E-state index in [0.717, 1.165) is 0 Å². The van der Waals surface area contributed by atoms with E-state index in [-0.39, 0.29) is 11.1 Å². The number of benzene rings is 1. The van der Waals surface area contributed by atoms with E-state index in [0.29, 0.717) is 24.8 Å². The van der Waals surface area contributed by atoms with E-state index >= 15 is 0 Å². The van der Waals surface area contributed by atoms with Crippen molar-refractivity contribution in [3.05, 3.63) is 41.8 Å². The summed E-state index contributed by atoms with van der Waals surface area (Å²) in [6.07, 6.45) is 1.48. The summed E-state index contributed by atoms with van der Waals surface area (Å²) in [4.78, 5) is 0. The molecule has 0 saturated carbocycles. The van der Waals surface area contributed by atoms with Crippen LogP contribution in [0.2, 0.25) is 0 Å². The van der Waals surface area contributed by atoms with Crippen LogP contribution in [0.1, 0.15) is 29.5 Å². The van der Waals surface area contributed by atoms with Gasteiger partial charge in [-0.05, 0) is 35.6 Å². The van der Waals surface area contributed by atoms with Crippen LogP contribution in [-0.2, 0) is 15.1 Å². The summed E-state index contributed by atoms with van der Waals surface area (Å²) in [7, 11) is 0. The molecule has 0 spiro atoms. The molecule has 36 heavy (non-hydrogen) atoms. The zero-order valence-electron chi connectivity index (χ0n) is 16.9. The second-order valence-corrected chi connectivity index (χ2v) is 19.8. The van der Waals surface area contributed by atoms with Crippen LogP contribution in [0.4, 0.5) is 0 Å². The van der Waals surface area contributed by atoms with Gasteiger partial charge in [-0.15, -0.1) is 0 Å². The lowest BCUT2D eigenvalue weighted by Crippen LogP contribution is -2.55. The zero-order valence-corrected chi connectivity index (χ0v) is 30.5. The Labute approximate surface area is 299 Å². The minimum absolute atomic E-state index is 0.0138. The maximum absolute atomic E-state index is 6.70. The van der Waals surface area contributed by atoms with Gasteiger partial charge < -0.3 is 0 Å². The molecule has 18 heteroatoms. The second-order valence-electron chi connectivity index (χ2n) is 7.27. The van der Waals surface area contributed by atoms with Crippen LogP contribution in [0, 0.1) is 6.92 Å². The normalized spacial score (nSPS) is 15.4. The third-order valence-corrected chi connectivity index (χ3v) is 15.7. The minimum atomic E-state index is -2.59. The summed E-state index contributed by atoms with van der Waals surface area (Å²) < 4.78 is -20.0. The molecule has 1 rings (SSSR count). The quantitative estimate of drug-likeness (QED) is 0.217. The number of halogens is 18. The molecule has 0 amide bonds. The number of unbranched alkanes of at least 4 members (excludes halogenated alkanes) is 1. The van der Waals surface area contributed by atoms with E-state index in [9.17, 15) is 0 Å². The predicted molar refractivity (Wildman–Crippen MR) is 170 cm³/mol. The molecule has 0 aliphatic heterocycles. The third kappa shape index (κ3) is 7.05. The number of hydrogen-bond acceptors (Lipinski definition) is 0. The number of rotatable bonds is 9. The summed E-state index contributed by atoms with van der Waals surface area (Å²) in [6, 6.07) is 4.19. The zero-order chi connectivity index (χ0) is 29.0. The number of alkyl halides is 18. The maximum Gasteiger partial charge on any atom is 0.226 e. The Balaban J connectivity index is 3.94. The smallest absolute Gasteiger partial charge is 0.0943 e. The largest absolute Gasteiger partial charge is 0.226 e. The molecular weight excluding hydrogens is 854 g/mol. The molecule has 0 aliphatic rings. The SMILES string of the molecule is [CH2]CCCc1ccc(C(Cl)(Cl)C(Cl)(Cl)C(Cl)(Cl)C(Cl)(Cl)Cl)cc1C(Cl)(Cl)C(Cl)(Cl)C(Cl)(Cl)C(Cl)(Cl)Cl. The van der Waals surface area contributed by atoms with Crippen LogP contribution in [-0.4, -0.2) is 24.9 Å². The fraction of sp³-hybridized carbons (Fsp3) is 0.611. The Kier molecular flexibility index (Phi) is 13.7. The van der Waals surface area contributed by atoms with Gasteiger partial charge in [-0.2, -0.15) is 0 Å². The first kappa shape index (κ1) is 38.5. The molecule has 0 aromatic heterocycles. The van der Waals surface area contributed by atoms with Crippen LogP contribution in [0.15, 0.2) is 18.2 Å². The molecule has 0 atom stereocenters. The summed E-state index contributed by atoms with van der Waals surface area (Å²) in [6.45, 7) is 3.80. The van der Waals surface area contributed by atoms with Crippen molar-refractivity contribution in [1.82, 2.24) is 0 Å². The van der Waals surface area contributed by atoms with Gasteiger partial charge in [-0.1, -0.05) is 234 Å². The van der Waals surface area contributed by atoms with Crippen LogP contribution < -0.4 is 0 Å². The molecule has 0 bridgehead atoms. The molecule has 0 N–H and O–H groups in total. The van der Waals surface area contributed by atoms with Crippen LogP contribution >= 0.6 is 209 Å². The van der Waals surface area contributed by atoms with Crippen molar-refractivity contribution in [1.29, 1.82) is 0 Å². The molecule has 0 unspecified atom stereocenters. The first-order valence-electron chi connectivity index (χ1n) is 8.99. The van der Waals surface area contributed by atoms with Crippen molar-refractivity contribution in [3.8, 4) is 0 Å². The number of aryl methyl sites for hydroxylation is 1. The first-order chi connectivity index (χ1) is 15.7. The van der Waals surface area contributed by atoms with Gasteiger partial charge in [0.25, 0.3) is 0 Å². The minimum Gasteiger partial charge on any atom is -0.0943 e. The van der Waals surface area contributed by atoms with Crippen molar-refractivity contribution in [2.24, 2.45) is 0 Å². The highest BCUT2D eigenvalue weighted by Crippen LogP contribution is 2.68. The Morgan fingerprint density at radius 2 is 0.917 bits per heavy atom. The van der Waals surface area contributed by atoms with Crippen LogP contribution in [0.3, 0.4) is 0 Å². The van der Waals surface area contributed by atoms with Gasteiger partial charge in [-0.25, -0.2) is 0 Å². The molecule has 0 fully saturated rings. The first-order valence-corrected chi connectivity index (χ1v) is 15.8. The van der Waals surface area contributed by atoms with Crippen molar-refractivity contribution >= 4 is 209 Å². The average molecular weight is 865 g/mol. The Hall–Kier alpha value is 4.44. The van der Waals surface area contributed by atoms with E-state index in [1.807, 2.05) is 0 Å². The van der Waals surface area contributed by atoms with E-state index in [1.165, 1.54) is 18.2 Å². The average Bonchev–Trinajstić information content (AvgIpc) is 2.69. The van der Waals surface area contributed by atoms with Gasteiger partial charge in [0.15, 0.2) is 17.3 Å². The van der Waals surface area contributed by atoms with Crippen molar-refractivity contribution in [2.75, 3.05) is 0 Å². The molecular formula is C18H11Cl18. The van der Waals surface area contributed by atoms with E-state index in [4.69, 9.17) is 209 Å². The maximum atomic E-state index is 6.70. The molecule has 0 heterocycles. The van der Waals surface area contributed by atoms with Crippen molar-refractivity contribution < 1.29 is 0 Å². The summed E-state index contributed by atoms with van der Waals surface area (Å²) >= 11 is 113. The van der Waals surface area contributed by atoms with Gasteiger partial charge in [0, 0.05) is 0 Å². The van der Waals surface area contributed by atoms with Crippen LogP contribution in [0.25, 0.3) is 0 Å². The lowest BCUT2D eigenvalue weighted by molar-refractivity contribution is 0.586. The van der Waals surface area contributed by atoms with Crippen LogP contribution in [0.5, 0.6) is 0 Å². The van der Waals surface area contributed by atoms with E-state index < -0.39 is 33.6 Å². The molecule has 1 radical (unpaired) electrons. The fourth-order valence-corrected chi connectivity index (χ4v) is 7.23. The Bertz CT molecular complexity index is 921. The monoisotopic (exact) mass is 857 g/mol. The molecule has 209 valence electrons. The van der Waals surface area contributed by atoms with Gasteiger partial charge in [-0.3, -0.25) is 0 Å². The topological polar surface area (TPSA) is 0 Å².